The van der Waals surface area contributed by atoms with Gasteiger partial charge in [0, 0.05) is 11.4 Å². The maximum Gasteiger partial charge on any atom is 0.446 e. The molecule has 1 aromatic rings. The van der Waals surface area contributed by atoms with Crippen LogP contribution >= 0.6 is 11.8 Å². The molecule has 0 radical (unpaired) electrons. The number of rotatable bonds is 4. The Morgan fingerprint density at radius 1 is 0.944 bits per heavy atom. The van der Waals surface area contributed by atoms with Gasteiger partial charge in [-0.3, -0.25) is 0 Å². The summed E-state index contributed by atoms with van der Waals surface area (Å²) in [6, 6.07) is 5.17. The Morgan fingerprint density at radius 3 is 1.94 bits per heavy atom. The Kier molecular flexibility index (Phi) is 4.92. The van der Waals surface area contributed by atoms with Crippen molar-refractivity contribution in [3.05, 3.63) is 29.8 Å². The molecule has 1 rings (SSSR count). The average molecular weight is 289 g/mol. The van der Waals surface area contributed by atoms with E-state index in [4.69, 9.17) is 0 Å². The number of nitrogens with one attached hydrogen (secondary N) is 1. The second-order valence-electron chi connectivity index (χ2n) is 3.41. The molecule has 0 aliphatic heterocycles. The van der Waals surface area contributed by atoms with Crippen LogP contribution in [0.1, 0.15) is 5.56 Å². The van der Waals surface area contributed by atoms with Crippen molar-refractivity contribution in [1.29, 1.82) is 0 Å². The van der Waals surface area contributed by atoms with E-state index in [0.29, 0.717) is 5.56 Å². The van der Waals surface area contributed by atoms with E-state index in [2.05, 4.69) is 5.32 Å². The van der Waals surface area contributed by atoms with Crippen LogP contribution in [0.3, 0.4) is 0 Å². The molecule has 0 saturated carbocycles. The average Bonchev–Trinajstić information content (AvgIpc) is 2.16. The number of halogens is 6. The van der Waals surface area contributed by atoms with Gasteiger partial charge in [-0.1, -0.05) is 12.1 Å². The van der Waals surface area contributed by atoms with Gasteiger partial charge in [0.2, 0.25) is 0 Å². The van der Waals surface area contributed by atoms with E-state index in [1.165, 1.54) is 24.3 Å². The summed E-state index contributed by atoms with van der Waals surface area (Å²) in [5.41, 5.74) is -3.87. The highest BCUT2D eigenvalue weighted by Crippen LogP contribution is 2.36. The smallest absolute Gasteiger partial charge is 0.305 e. The molecule has 0 bridgehead atoms. The summed E-state index contributed by atoms with van der Waals surface area (Å²) in [7, 11) is 0. The molecule has 0 aliphatic rings. The molecule has 0 spiro atoms. The van der Waals surface area contributed by atoms with Crippen molar-refractivity contribution >= 4 is 11.8 Å². The molecule has 1 N–H and O–H groups in total. The first-order valence-electron chi connectivity index (χ1n) is 4.78. The molecule has 0 amide bonds. The molecular weight excluding hydrogens is 280 g/mol. The van der Waals surface area contributed by atoms with Gasteiger partial charge in [0.05, 0.1) is 6.54 Å². The Hall–Kier alpha value is -0.890. The lowest BCUT2D eigenvalue weighted by Crippen LogP contribution is -2.28. The second kappa shape index (κ2) is 5.83. The normalized spacial score (nSPS) is 12.8. The Balaban J connectivity index is 2.46. The van der Waals surface area contributed by atoms with E-state index < -0.39 is 18.2 Å². The fourth-order valence-electron chi connectivity index (χ4n) is 1.16. The monoisotopic (exact) mass is 289 g/mol. The molecule has 102 valence electrons. The zero-order chi connectivity index (χ0) is 13.8. The van der Waals surface area contributed by atoms with Gasteiger partial charge >= 0.3 is 11.7 Å². The zero-order valence-corrected chi connectivity index (χ0v) is 9.72. The van der Waals surface area contributed by atoms with Crippen LogP contribution in [0.25, 0.3) is 0 Å². The van der Waals surface area contributed by atoms with Gasteiger partial charge in [-0.15, -0.1) is 0 Å². The summed E-state index contributed by atoms with van der Waals surface area (Å²) in [6.07, 6.45) is -4.30. The van der Waals surface area contributed by atoms with Crippen LogP contribution < -0.4 is 5.32 Å². The van der Waals surface area contributed by atoms with Crippen LogP contribution in [0.4, 0.5) is 26.3 Å². The predicted octanol–water partition coefficient (Wildman–Crippen LogP) is 3.95. The van der Waals surface area contributed by atoms with Crippen molar-refractivity contribution in [3.8, 4) is 0 Å². The Labute approximate surface area is 104 Å². The molecule has 0 saturated heterocycles. The van der Waals surface area contributed by atoms with Crippen molar-refractivity contribution in [2.24, 2.45) is 0 Å². The van der Waals surface area contributed by atoms with E-state index in [1.54, 1.807) is 0 Å². The number of hydrogen-bond donors (Lipinski definition) is 1. The molecule has 0 unspecified atom stereocenters. The fraction of sp³-hybridized carbons (Fsp3) is 0.400. The highest BCUT2D eigenvalue weighted by molar-refractivity contribution is 8.00. The van der Waals surface area contributed by atoms with E-state index in [-0.39, 0.29) is 23.2 Å². The van der Waals surface area contributed by atoms with Crippen molar-refractivity contribution in [2.75, 3.05) is 6.54 Å². The van der Waals surface area contributed by atoms with Crippen LogP contribution in [-0.2, 0) is 6.54 Å². The highest BCUT2D eigenvalue weighted by atomic mass is 32.2. The van der Waals surface area contributed by atoms with Crippen LogP contribution in [0, 0.1) is 0 Å². The summed E-state index contributed by atoms with van der Waals surface area (Å²) in [6.45, 7) is -1.18. The lowest BCUT2D eigenvalue weighted by molar-refractivity contribution is -0.125. The van der Waals surface area contributed by atoms with E-state index in [0.717, 1.165) is 0 Å². The molecule has 0 aliphatic carbocycles. The van der Waals surface area contributed by atoms with Crippen LogP contribution in [0.2, 0.25) is 0 Å². The van der Waals surface area contributed by atoms with Crippen molar-refractivity contribution in [1.82, 2.24) is 5.32 Å². The third-order valence-electron chi connectivity index (χ3n) is 1.81. The topological polar surface area (TPSA) is 12.0 Å². The van der Waals surface area contributed by atoms with Crippen LogP contribution in [0.15, 0.2) is 29.2 Å². The van der Waals surface area contributed by atoms with Crippen LogP contribution in [-0.4, -0.2) is 18.2 Å². The summed E-state index contributed by atoms with van der Waals surface area (Å²) < 4.78 is 71.5. The predicted molar refractivity (Wildman–Crippen MR) is 56.1 cm³/mol. The maximum atomic E-state index is 12.0. The summed E-state index contributed by atoms with van der Waals surface area (Å²) >= 11 is -0.263. The molecule has 0 aromatic heterocycles. The molecule has 8 heteroatoms. The molecule has 0 atom stereocenters. The van der Waals surface area contributed by atoms with Gasteiger partial charge in [-0.2, -0.15) is 26.3 Å². The minimum atomic E-state index is -4.37. The SMILES string of the molecule is FC(F)(F)CNCc1ccc(SC(F)(F)F)cc1. The minimum absolute atomic E-state index is 0.00192. The first kappa shape index (κ1) is 15.2. The number of hydrogen-bond acceptors (Lipinski definition) is 2. The third kappa shape index (κ3) is 6.75. The Bertz CT molecular complexity index is 369. The van der Waals surface area contributed by atoms with Gasteiger partial charge in [0.1, 0.15) is 0 Å². The van der Waals surface area contributed by atoms with E-state index in [9.17, 15) is 26.3 Å². The van der Waals surface area contributed by atoms with Crippen molar-refractivity contribution < 1.29 is 26.3 Å². The summed E-state index contributed by atoms with van der Waals surface area (Å²) in [5, 5.41) is 2.16. The number of benzene rings is 1. The fourth-order valence-corrected chi connectivity index (χ4v) is 1.70. The molecule has 1 aromatic carbocycles. The van der Waals surface area contributed by atoms with Crippen molar-refractivity contribution in [3.63, 3.8) is 0 Å². The van der Waals surface area contributed by atoms with Gasteiger partial charge in [0.25, 0.3) is 0 Å². The molecule has 0 fully saturated rings. The standard InChI is InChI=1S/C10H9F6NS/c11-9(12,13)6-17-5-7-1-3-8(4-2-7)18-10(14,15)16/h1-4,17H,5-6H2. The molecule has 0 heterocycles. The largest absolute Gasteiger partial charge is 0.446 e. The lowest BCUT2D eigenvalue weighted by atomic mass is 10.2. The first-order chi connectivity index (χ1) is 8.16. The first-order valence-corrected chi connectivity index (χ1v) is 5.59. The molecule has 18 heavy (non-hydrogen) atoms. The van der Waals surface area contributed by atoms with E-state index >= 15 is 0 Å². The Morgan fingerprint density at radius 2 is 1.50 bits per heavy atom. The quantitative estimate of drug-likeness (QED) is 0.665. The lowest BCUT2D eigenvalue weighted by Gasteiger charge is -2.09. The minimum Gasteiger partial charge on any atom is -0.305 e. The second-order valence-corrected chi connectivity index (χ2v) is 4.55. The van der Waals surface area contributed by atoms with Crippen LogP contribution in [0.5, 0.6) is 0 Å². The number of alkyl halides is 6. The van der Waals surface area contributed by atoms with Gasteiger partial charge < -0.3 is 5.32 Å². The number of thioether (sulfide) groups is 1. The van der Waals surface area contributed by atoms with Crippen molar-refractivity contribution in [2.45, 2.75) is 23.1 Å². The molecule has 1 nitrogen and oxygen atoms in total. The highest BCUT2D eigenvalue weighted by Gasteiger charge is 2.29. The third-order valence-corrected chi connectivity index (χ3v) is 2.55. The summed E-state index contributed by atoms with van der Waals surface area (Å²) in [5.74, 6) is 0. The van der Waals surface area contributed by atoms with Gasteiger partial charge in [-0.25, -0.2) is 0 Å². The zero-order valence-electron chi connectivity index (χ0n) is 8.90. The van der Waals surface area contributed by atoms with Gasteiger partial charge in [-0.05, 0) is 29.5 Å². The summed E-state index contributed by atoms with van der Waals surface area (Å²) in [4.78, 5) is 0.00192. The van der Waals surface area contributed by atoms with E-state index in [1.807, 2.05) is 0 Å². The van der Waals surface area contributed by atoms with Gasteiger partial charge in [0.15, 0.2) is 0 Å². The molecular formula is C10H9F6NS. The maximum absolute atomic E-state index is 12.0.